The Labute approximate surface area is 135 Å². The SMILES string of the molecule is Cn1cnc2c1CCN(C[C@@H](O)c1ccc3c(c1)OCCO3)C2. The van der Waals surface area contributed by atoms with Gasteiger partial charge in [-0.3, -0.25) is 4.90 Å². The second-order valence-corrected chi connectivity index (χ2v) is 6.15. The van der Waals surface area contributed by atoms with E-state index >= 15 is 0 Å². The molecule has 122 valence electrons. The topological polar surface area (TPSA) is 59.8 Å². The number of nitrogens with zero attached hydrogens (tertiary/aromatic N) is 3. The number of hydrogen-bond acceptors (Lipinski definition) is 5. The Balaban J connectivity index is 1.45. The van der Waals surface area contributed by atoms with Gasteiger partial charge in [-0.2, -0.15) is 0 Å². The van der Waals surface area contributed by atoms with Crippen LogP contribution in [0, 0.1) is 0 Å². The van der Waals surface area contributed by atoms with Crippen LogP contribution in [0.5, 0.6) is 11.5 Å². The number of aliphatic hydroxyl groups excluding tert-OH is 1. The van der Waals surface area contributed by atoms with Crippen LogP contribution in [0.1, 0.15) is 23.1 Å². The van der Waals surface area contributed by atoms with Crippen molar-refractivity contribution in [3.8, 4) is 11.5 Å². The second kappa shape index (κ2) is 5.86. The molecule has 1 aromatic carbocycles. The van der Waals surface area contributed by atoms with E-state index in [0.29, 0.717) is 19.8 Å². The van der Waals surface area contributed by atoms with E-state index in [0.717, 1.165) is 42.3 Å². The summed E-state index contributed by atoms with van der Waals surface area (Å²) in [4.78, 5) is 6.69. The fourth-order valence-electron chi connectivity index (χ4n) is 3.28. The Morgan fingerprint density at radius 2 is 2.09 bits per heavy atom. The van der Waals surface area contributed by atoms with Crippen LogP contribution in [0.25, 0.3) is 0 Å². The van der Waals surface area contributed by atoms with Gasteiger partial charge in [0.1, 0.15) is 13.2 Å². The van der Waals surface area contributed by atoms with Crippen molar-refractivity contribution in [2.75, 3.05) is 26.3 Å². The van der Waals surface area contributed by atoms with Gasteiger partial charge in [0.05, 0.1) is 18.1 Å². The molecule has 0 unspecified atom stereocenters. The number of fused-ring (bicyclic) bond motifs is 2. The van der Waals surface area contributed by atoms with Crippen LogP contribution in [-0.2, 0) is 20.0 Å². The molecule has 0 spiro atoms. The highest BCUT2D eigenvalue weighted by Gasteiger charge is 2.23. The highest BCUT2D eigenvalue weighted by atomic mass is 16.6. The van der Waals surface area contributed by atoms with Crippen molar-refractivity contribution in [3.63, 3.8) is 0 Å². The number of aromatic nitrogens is 2. The standard InChI is InChI=1S/C17H21N3O3/c1-19-11-18-13-9-20(5-4-14(13)19)10-15(21)12-2-3-16-17(8-12)23-7-6-22-16/h2-3,8,11,15,21H,4-7,9-10H2,1H3/t15-/m1/s1. The fraction of sp³-hybridized carbons (Fsp3) is 0.471. The third-order valence-electron chi connectivity index (χ3n) is 4.57. The zero-order valence-corrected chi connectivity index (χ0v) is 13.2. The van der Waals surface area contributed by atoms with Crippen molar-refractivity contribution in [1.82, 2.24) is 14.5 Å². The molecule has 0 radical (unpaired) electrons. The molecule has 1 N–H and O–H groups in total. The van der Waals surface area contributed by atoms with Gasteiger partial charge in [0.2, 0.25) is 0 Å². The molecule has 2 aliphatic rings. The van der Waals surface area contributed by atoms with Gasteiger partial charge in [-0.15, -0.1) is 0 Å². The molecule has 0 saturated heterocycles. The first kappa shape index (κ1) is 14.5. The minimum atomic E-state index is -0.545. The molecule has 0 aliphatic carbocycles. The molecular formula is C17H21N3O3. The lowest BCUT2D eigenvalue weighted by Crippen LogP contribution is -2.34. The van der Waals surface area contributed by atoms with Crippen molar-refractivity contribution in [2.45, 2.75) is 19.1 Å². The number of aliphatic hydroxyl groups is 1. The summed E-state index contributed by atoms with van der Waals surface area (Å²) in [6, 6.07) is 5.67. The van der Waals surface area contributed by atoms with Gasteiger partial charge < -0.3 is 19.1 Å². The van der Waals surface area contributed by atoms with E-state index in [2.05, 4.69) is 14.5 Å². The number of rotatable bonds is 3. The van der Waals surface area contributed by atoms with Gasteiger partial charge in [0.15, 0.2) is 11.5 Å². The molecule has 0 amide bonds. The normalized spacial score (nSPS) is 18.5. The maximum Gasteiger partial charge on any atom is 0.161 e. The van der Waals surface area contributed by atoms with Gasteiger partial charge in [-0.05, 0) is 17.7 Å². The Bertz CT molecular complexity index is 713. The molecule has 3 heterocycles. The molecular weight excluding hydrogens is 294 g/mol. The lowest BCUT2D eigenvalue weighted by molar-refractivity contribution is 0.104. The van der Waals surface area contributed by atoms with E-state index in [1.54, 1.807) is 0 Å². The first-order chi connectivity index (χ1) is 11.2. The average molecular weight is 315 g/mol. The van der Waals surface area contributed by atoms with E-state index in [4.69, 9.17) is 9.47 Å². The van der Waals surface area contributed by atoms with Crippen LogP contribution < -0.4 is 9.47 Å². The predicted molar refractivity (Wildman–Crippen MR) is 84.6 cm³/mol. The first-order valence-corrected chi connectivity index (χ1v) is 8.00. The third-order valence-corrected chi connectivity index (χ3v) is 4.57. The maximum absolute atomic E-state index is 10.6. The summed E-state index contributed by atoms with van der Waals surface area (Å²) in [6.45, 7) is 3.46. The number of β-amino-alcohol motifs (C(OH)–C–C–N with tert-alkyl or cyclic N) is 1. The summed E-state index contributed by atoms with van der Waals surface area (Å²) in [7, 11) is 2.03. The Morgan fingerprint density at radius 1 is 1.26 bits per heavy atom. The van der Waals surface area contributed by atoms with Gasteiger partial charge in [0.25, 0.3) is 0 Å². The van der Waals surface area contributed by atoms with Crippen LogP contribution in [-0.4, -0.2) is 45.9 Å². The van der Waals surface area contributed by atoms with E-state index in [1.165, 1.54) is 5.69 Å². The average Bonchev–Trinajstić information content (AvgIpc) is 2.95. The largest absolute Gasteiger partial charge is 0.486 e. The van der Waals surface area contributed by atoms with Crippen LogP contribution in [0.15, 0.2) is 24.5 Å². The molecule has 2 aliphatic heterocycles. The maximum atomic E-state index is 10.6. The lowest BCUT2D eigenvalue weighted by atomic mass is 10.1. The van der Waals surface area contributed by atoms with Crippen molar-refractivity contribution in [3.05, 3.63) is 41.5 Å². The van der Waals surface area contributed by atoms with Crippen molar-refractivity contribution in [2.24, 2.45) is 7.05 Å². The highest BCUT2D eigenvalue weighted by Crippen LogP contribution is 2.33. The van der Waals surface area contributed by atoms with E-state index in [1.807, 2.05) is 31.6 Å². The van der Waals surface area contributed by atoms with Gasteiger partial charge in [-0.25, -0.2) is 4.98 Å². The number of imidazole rings is 1. The smallest absolute Gasteiger partial charge is 0.161 e. The molecule has 4 rings (SSSR count). The Morgan fingerprint density at radius 3 is 2.96 bits per heavy atom. The molecule has 2 aromatic rings. The van der Waals surface area contributed by atoms with Crippen LogP contribution in [0.3, 0.4) is 0 Å². The number of benzene rings is 1. The van der Waals surface area contributed by atoms with E-state index in [9.17, 15) is 5.11 Å². The van der Waals surface area contributed by atoms with Crippen LogP contribution in [0.4, 0.5) is 0 Å². The fourth-order valence-corrected chi connectivity index (χ4v) is 3.28. The number of hydrogen-bond donors (Lipinski definition) is 1. The summed E-state index contributed by atoms with van der Waals surface area (Å²) in [5.74, 6) is 1.47. The summed E-state index contributed by atoms with van der Waals surface area (Å²) in [6.07, 6.45) is 2.29. The Kier molecular flexibility index (Phi) is 3.71. The van der Waals surface area contributed by atoms with E-state index < -0.39 is 6.10 Å². The summed E-state index contributed by atoms with van der Waals surface area (Å²) < 4.78 is 13.2. The molecule has 23 heavy (non-hydrogen) atoms. The molecule has 1 aromatic heterocycles. The van der Waals surface area contributed by atoms with Crippen molar-refractivity contribution >= 4 is 0 Å². The molecule has 1 atom stereocenters. The lowest BCUT2D eigenvalue weighted by Gasteiger charge is -2.29. The number of ether oxygens (including phenoxy) is 2. The predicted octanol–water partition coefficient (Wildman–Crippen LogP) is 1.28. The quantitative estimate of drug-likeness (QED) is 0.925. The summed E-state index contributed by atoms with van der Waals surface area (Å²) in [5.41, 5.74) is 3.28. The molecule has 0 fully saturated rings. The highest BCUT2D eigenvalue weighted by molar-refractivity contribution is 5.44. The van der Waals surface area contributed by atoms with Crippen LogP contribution in [0.2, 0.25) is 0 Å². The molecule has 0 saturated carbocycles. The van der Waals surface area contributed by atoms with Crippen LogP contribution >= 0.6 is 0 Å². The third kappa shape index (κ3) is 2.80. The zero-order valence-electron chi connectivity index (χ0n) is 13.2. The molecule has 6 nitrogen and oxygen atoms in total. The molecule has 6 heteroatoms. The monoisotopic (exact) mass is 315 g/mol. The van der Waals surface area contributed by atoms with Gasteiger partial charge in [-0.1, -0.05) is 6.07 Å². The first-order valence-electron chi connectivity index (χ1n) is 8.00. The minimum Gasteiger partial charge on any atom is -0.486 e. The second-order valence-electron chi connectivity index (χ2n) is 6.15. The minimum absolute atomic E-state index is 0.545. The van der Waals surface area contributed by atoms with Gasteiger partial charge >= 0.3 is 0 Å². The summed E-state index contributed by atoms with van der Waals surface area (Å²) in [5, 5.41) is 10.6. The van der Waals surface area contributed by atoms with Crippen molar-refractivity contribution in [1.29, 1.82) is 0 Å². The summed E-state index contributed by atoms with van der Waals surface area (Å²) >= 11 is 0. The van der Waals surface area contributed by atoms with E-state index in [-0.39, 0.29) is 0 Å². The van der Waals surface area contributed by atoms with Crippen molar-refractivity contribution < 1.29 is 14.6 Å². The van der Waals surface area contributed by atoms with Gasteiger partial charge in [0, 0.05) is 38.8 Å². The number of aryl methyl sites for hydroxylation is 1. The Hall–Kier alpha value is -2.05. The zero-order chi connectivity index (χ0) is 15.8. The molecule has 0 bridgehead atoms.